The SMILES string of the molecule is CC1Oc2cc(cnc2N)-c2c(C#N)n[nH]c2CN(C)C(=O)c2ccc(F)cc21. The summed E-state index contributed by atoms with van der Waals surface area (Å²) in [6.45, 7) is 1.86. The van der Waals surface area contributed by atoms with Crippen LogP contribution in [0, 0.1) is 17.1 Å². The minimum Gasteiger partial charge on any atom is -0.482 e. The van der Waals surface area contributed by atoms with E-state index in [9.17, 15) is 14.4 Å². The molecular formula is C20H17FN6O2. The minimum atomic E-state index is -0.670. The summed E-state index contributed by atoms with van der Waals surface area (Å²) in [6.07, 6.45) is 0.847. The van der Waals surface area contributed by atoms with Gasteiger partial charge in [-0.15, -0.1) is 0 Å². The molecule has 1 unspecified atom stereocenters. The van der Waals surface area contributed by atoms with Crippen LogP contribution in [0.4, 0.5) is 10.2 Å². The van der Waals surface area contributed by atoms with Gasteiger partial charge in [0.15, 0.2) is 17.3 Å². The van der Waals surface area contributed by atoms with Crippen molar-refractivity contribution in [2.45, 2.75) is 19.6 Å². The Bertz CT molecular complexity index is 1170. The molecule has 29 heavy (non-hydrogen) atoms. The number of carbonyl (C=O) groups is 1. The fourth-order valence-corrected chi connectivity index (χ4v) is 3.40. The number of carbonyl (C=O) groups excluding carboxylic acids is 1. The summed E-state index contributed by atoms with van der Waals surface area (Å²) in [4.78, 5) is 18.7. The third-order valence-electron chi connectivity index (χ3n) is 4.85. The molecule has 146 valence electrons. The molecule has 2 bridgehead atoms. The van der Waals surface area contributed by atoms with E-state index in [1.54, 1.807) is 20.0 Å². The number of nitriles is 1. The second-order valence-electron chi connectivity index (χ2n) is 6.80. The Morgan fingerprint density at radius 2 is 2.21 bits per heavy atom. The molecule has 1 aromatic carbocycles. The van der Waals surface area contributed by atoms with Gasteiger partial charge in [-0.05, 0) is 31.2 Å². The summed E-state index contributed by atoms with van der Waals surface area (Å²) < 4.78 is 19.9. The van der Waals surface area contributed by atoms with E-state index >= 15 is 0 Å². The number of benzene rings is 1. The topological polar surface area (TPSA) is 121 Å². The molecule has 0 spiro atoms. The summed E-state index contributed by atoms with van der Waals surface area (Å²) in [5.41, 5.74) is 8.51. The van der Waals surface area contributed by atoms with Gasteiger partial charge in [0.25, 0.3) is 5.91 Å². The smallest absolute Gasteiger partial charge is 0.254 e. The summed E-state index contributed by atoms with van der Waals surface area (Å²) in [5, 5.41) is 16.3. The Morgan fingerprint density at radius 1 is 1.41 bits per heavy atom. The van der Waals surface area contributed by atoms with E-state index in [2.05, 4.69) is 15.2 Å². The van der Waals surface area contributed by atoms with Crippen LogP contribution in [0.15, 0.2) is 30.5 Å². The van der Waals surface area contributed by atoms with Crippen LogP contribution >= 0.6 is 0 Å². The van der Waals surface area contributed by atoms with Crippen LogP contribution in [-0.4, -0.2) is 33.0 Å². The van der Waals surface area contributed by atoms with Crippen LogP contribution in [0.5, 0.6) is 5.75 Å². The Balaban J connectivity index is 1.96. The maximum absolute atomic E-state index is 13.9. The third-order valence-corrected chi connectivity index (χ3v) is 4.85. The van der Waals surface area contributed by atoms with Gasteiger partial charge in [0, 0.05) is 35.5 Å². The van der Waals surface area contributed by atoms with Crippen LogP contribution in [0.2, 0.25) is 0 Å². The lowest BCUT2D eigenvalue weighted by molar-refractivity contribution is 0.0778. The zero-order valence-corrected chi connectivity index (χ0v) is 15.7. The van der Waals surface area contributed by atoms with Crippen molar-refractivity contribution in [2.24, 2.45) is 0 Å². The summed E-state index contributed by atoms with van der Waals surface area (Å²) in [6, 6.07) is 7.65. The van der Waals surface area contributed by atoms with Gasteiger partial charge in [0.2, 0.25) is 0 Å². The maximum Gasteiger partial charge on any atom is 0.254 e. The number of ether oxygens (including phenoxy) is 1. The lowest BCUT2D eigenvalue weighted by Crippen LogP contribution is -2.28. The number of anilines is 1. The quantitative estimate of drug-likeness (QED) is 0.607. The number of pyridine rings is 1. The molecule has 3 aromatic rings. The number of hydrogen-bond acceptors (Lipinski definition) is 6. The van der Waals surface area contributed by atoms with Crippen molar-refractivity contribution in [1.82, 2.24) is 20.1 Å². The van der Waals surface area contributed by atoms with Gasteiger partial charge in [-0.3, -0.25) is 9.89 Å². The molecule has 0 aliphatic carbocycles. The Labute approximate surface area is 165 Å². The van der Waals surface area contributed by atoms with Crippen molar-refractivity contribution >= 4 is 11.7 Å². The molecule has 4 rings (SSSR count). The first-order valence-electron chi connectivity index (χ1n) is 8.83. The predicted molar refractivity (Wildman–Crippen MR) is 102 cm³/mol. The van der Waals surface area contributed by atoms with E-state index in [-0.39, 0.29) is 29.7 Å². The van der Waals surface area contributed by atoms with E-state index in [0.717, 1.165) is 0 Å². The lowest BCUT2D eigenvalue weighted by atomic mass is 10.00. The molecule has 2 aromatic heterocycles. The molecule has 0 fully saturated rings. The number of nitrogen functional groups attached to an aromatic ring is 1. The number of hydrogen-bond donors (Lipinski definition) is 2. The first-order valence-corrected chi connectivity index (χ1v) is 8.83. The average Bonchev–Trinajstić information content (AvgIpc) is 3.10. The molecule has 3 N–H and O–H groups in total. The van der Waals surface area contributed by atoms with E-state index in [1.807, 2.05) is 6.07 Å². The number of nitrogens with two attached hydrogens (primary N) is 1. The average molecular weight is 392 g/mol. The number of amides is 1. The fraction of sp³-hybridized carbons (Fsp3) is 0.200. The first-order chi connectivity index (χ1) is 13.9. The fourth-order valence-electron chi connectivity index (χ4n) is 3.40. The van der Waals surface area contributed by atoms with Crippen LogP contribution in [0.3, 0.4) is 0 Å². The number of H-pyrrole nitrogens is 1. The molecule has 0 radical (unpaired) electrons. The van der Waals surface area contributed by atoms with Gasteiger partial charge < -0.3 is 15.4 Å². The number of halogens is 1. The molecule has 0 saturated carbocycles. The first kappa shape index (κ1) is 18.4. The molecule has 1 aliphatic heterocycles. The molecule has 8 nitrogen and oxygen atoms in total. The maximum atomic E-state index is 13.9. The number of nitrogens with zero attached hydrogens (tertiary/aromatic N) is 4. The Hall–Kier alpha value is -3.93. The van der Waals surface area contributed by atoms with Crippen LogP contribution < -0.4 is 10.5 Å². The normalized spacial score (nSPS) is 16.0. The zero-order chi connectivity index (χ0) is 20.7. The van der Waals surface area contributed by atoms with E-state index in [1.165, 1.54) is 29.3 Å². The van der Waals surface area contributed by atoms with Crippen molar-refractivity contribution in [3.63, 3.8) is 0 Å². The largest absolute Gasteiger partial charge is 0.482 e. The standard InChI is InChI=1S/C20H17FN6O2/c1-10-14-6-12(21)3-4-13(14)20(28)27(2)9-16-18(15(7-22)25-26-16)11-5-17(29-10)19(23)24-8-11/h3-6,8,10H,9H2,1-2H3,(H2,23,24)(H,25,26). The second kappa shape index (κ2) is 6.91. The van der Waals surface area contributed by atoms with Crippen molar-refractivity contribution in [3.05, 3.63) is 58.8 Å². The monoisotopic (exact) mass is 392 g/mol. The van der Waals surface area contributed by atoms with Gasteiger partial charge in [-0.1, -0.05) is 0 Å². The second-order valence-corrected chi connectivity index (χ2v) is 6.80. The Morgan fingerprint density at radius 3 is 2.97 bits per heavy atom. The number of fused-ring (bicyclic) bond motifs is 5. The lowest BCUT2D eigenvalue weighted by Gasteiger charge is -2.24. The molecule has 1 amide bonds. The molecule has 3 heterocycles. The van der Waals surface area contributed by atoms with Gasteiger partial charge in [-0.2, -0.15) is 10.4 Å². The van der Waals surface area contributed by atoms with Gasteiger partial charge >= 0.3 is 0 Å². The van der Waals surface area contributed by atoms with Crippen LogP contribution in [-0.2, 0) is 6.54 Å². The predicted octanol–water partition coefficient (Wildman–Crippen LogP) is 2.79. The van der Waals surface area contributed by atoms with Crippen LogP contribution in [0.1, 0.15) is 40.3 Å². The Kier molecular flexibility index (Phi) is 4.39. The molecule has 9 heteroatoms. The molecule has 1 atom stereocenters. The van der Waals surface area contributed by atoms with E-state index in [0.29, 0.717) is 27.9 Å². The number of aromatic nitrogens is 3. The number of aromatic amines is 1. The summed E-state index contributed by atoms with van der Waals surface area (Å²) in [7, 11) is 1.62. The van der Waals surface area contributed by atoms with Crippen molar-refractivity contribution < 1.29 is 13.9 Å². The van der Waals surface area contributed by atoms with Gasteiger partial charge in [0.05, 0.1) is 12.2 Å². The highest BCUT2D eigenvalue weighted by Crippen LogP contribution is 2.35. The highest BCUT2D eigenvalue weighted by atomic mass is 19.1. The third kappa shape index (κ3) is 3.14. The highest BCUT2D eigenvalue weighted by molar-refractivity contribution is 5.95. The van der Waals surface area contributed by atoms with Crippen molar-refractivity contribution in [3.8, 4) is 22.9 Å². The van der Waals surface area contributed by atoms with Crippen molar-refractivity contribution in [2.75, 3.05) is 12.8 Å². The number of rotatable bonds is 0. The van der Waals surface area contributed by atoms with Gasteiger partial charge in [0.1, 0.15) is 18.0 Å². The summed E-state index contributed by atoms with van der Waals surface area (Å²) in [5.74, 6) is -0.383. The van der Waals surface area contributed by atoms with Crippen molar-refractivity contribution in [1.29, 1.82) is 5.26 Å². The minimum absolute atomic E-state index is 0.141. The van der Waals surface area contributed by atoms with E-state index in [4.69, 9.17) is 10.5 Å². The number of nitrogens with one attached hydrogen (secondary N) is 1. The molecule has 0 saturated heterocycles. The summed E-state index contributed by atoms with van der Waals surface area (Å²) >= 11 is 0. The van der Waals surface area contributed by atoms with E-state index < -0.39 is 11.9 Å². The van der Waals surface area contributed by atoms with Crippen LogP contribution in [0.25, 0.3) is 11.1 Å². The molecular weight excluding hydrogens is 375 g/mol. The highest BCUT2D eigenvalue weighted by Gasteiger charge is 2.26. The zero-order valence-electron chi connectivity index (χ0n) is 15.7. The van der Waals surface area contributed by atoms with Gasteiger partial charge in [-0.25, -0.2) is 9.37 Å². The molecule has 1 aliphatic rings.